The standard InChI is InChI=1S/C17H23N3O2S/c1-17-9-8-15(21)20(17)14(12-23-17)16(22)18-10-11-19(2)13-6-4-3-5-7-13/h3-7,14H,8-12H2,1-2H3,(H,18,22). The smallest absolute Gasteiger partial charge is 0.243 e. The molecule has 0 spiro atoms. The summed E-state index contributed by atoms with van der Waals surface area (Å²) in [4.78, 5) is 28.2. The Morgan fingerprint density at radius 3 is 2.91 bits per heavy atom. The van der Waals surface area contributed by atoms with Crippen molar-refractivity contribution in [3.8, 4) is 0 Å². The molecule has 0 radical (unpaired) electrons. The van der Waals surface area contributed by atoms with Gasteiger partial charge in [0, 0.05) is 38.0 Å². The number of anilines is 1. The van der Waals surface area contributed by atoms with Crippen molar-refractivity contribution >= 4 is 29.3 Å². The molecule has 2 aliphatic heterocycles. The van der Waals surface area contributed by atoms with E-state index in [0.29, 0.717) is 18.7 Å². The second-order valence-corrected chi connectivity index (χ2v) is 7.82. The third-order valence-corrected chi connectivity index (χ3v) is 6.20. The number of carbonyl (C=O) groups excluding carboxylic acids is 2. The Morgan fingerprint density at radius 1 is 1.43 bits per heavy atom. The molecular formula is C17H23N3O2S. The zero-order chi connectivity index (χ0) is 16.4. The molecule has 2 atom stereocenters. The van der Waals surface area contributed by atoms with E-state index in [1.807, 2.05) is 37.4 Å². The molecular weight excluding hydrogens is 310 g/mol. The highest BCUT2D eigenvalue weighted by Crippen LogP contribution is 2.47. The Bertz CT molecular complexity index is 595. The van der Waals surface area contributed by atoms with Crippen LogP contribution in [0.1, 0.15) is 19.8 Å². The number of hydrogen-bond acceptors (Lipinski definition) is 4. The molecule has 1 aromatic rings. The van der Waals surface area contributed by atoms with E-state index in [2.05, 4.69) is 17.1 Å². The second kappa shape index (κ2) is 6.43. The molecule has 3 rings (SSSR count). The summed E-state index contributed by atoms with van der Waals surface area (Å²) in [6.07, 6.45) is 1.40. The van der Waals surface area contributed by atoms with Crippen LogP contribution >= 0.6 is 11.8 Å². The van der Waals surface area contributed by atoms with E-state index in [-0.39, 0.29) is 22.7 Å². The fraction of sp³-hybridized carbons (Fsp3) is 0.529. The first-order valence-electron chi connectivity index (χ1n) is 8.01. The molecule has 1 N–H and O–H groups in total. The number of nitrogens with zero attached hydrogens (tertiary/aromatic N) is 2. The number of nitrogens with one attached hydrogen (secondary N) is 1. The fourth-order valence-corrected chi connectivity index (χ4v) is 4.72. The highest BCUT2D eigenvalue weighted by atomic mass is 32.2. The minimum Gasteiger partial charge on any atom is -0.373 e. The molecule has 1 aromatic carbocycles. The monoisotopic (exact) mass is 333 g/mol. The van der Waals surface area contributed by atoms with Crippen LogP contribution in [-0.2, 0) is 9.59 Å². The molecule has 124 valence electrons. The van der Waals surface area contributed by atoms with E-state index in [1.54, 1.807) is 16.7 Å². The van der Waals surface area contributed by atoms with Crippen molar-refractivity contribution in [1.82, 2.24) is 10.2 Å². The van der Waals surface area contributed by atoms with Crippen LogP contribution in [0.4, 0.5) is 5.69 Å². The van der Waals surface area contributed by atoms with Crippen LogP contribution in [0.25, 0.3) is 0 Å². The Kier molecular flexibility index (Phi) is 4.53. The summed E-state index contributed by atoms with van der Waals surface area (Å²) < 4.78 is 0. The van der Waals surface area contributed by atoms with Gasteiger partial charge in [-0.15, -0.1) is 11.8 Å². The summed E-state index contributed by atoms with van der Waals surface area (Å²) in [5.41, 5.74) is 1.13. The topological polar surface area (TPSA) is 52.7 Å². The first kappa shape index (κ1) is 16.2. The number of hydrogen-bond donors (Lipinski definition) is 1. The Labute approximate surface area is 141 Å². The van der Waals surface area contributed by atoms with Gasteiger partial charge in [-0.2, -0.15) is 0 Å². The molecule has 0 saturated carbocycles. The lowest BCUT2D eigenvalue weighted by Gasteiger charge is -2.30. The third kappa shape index (κ3) is 3.17. The lowest BCUT2D eigenvalue weighted by atomic mass is 10.2. The largest absolute Gasteiger partial charge is 0.373 e. The van der Waals surface area contributed by atoms with Gasteiger partial charge < -0.3 is 15.1 Å². The number of benzene rings is 1. The van der Waals surface area contributed by atoms with Crippen molar-refractivity contribution in [2.24, 2.45) is 0 Å². The fourth-order valence-electron chi connectivity index (χ4n) is 3.29. The summed E-state index contributed by atoms with van der Waals surface area (Å²) in [6, 6.07) is 9.76. The van der Waals surface area contributed by atoms with Crippen LogP contribution in [0.15, 0.2) is 30.3 Å². The summed E-state index contributed by atoms with van der Waals surface area (Å²) >= 11 is 1.73. The van der Waals surface area contributed by atoms with Crippen molar-refractivity contribution < 1.29 is 9.59 Å². The maximum absolute atomic E-state index is 12.5. The van der Waals surface area contributed by atoms with Crippen LogP contribution in [0.2, 0.25) is 0 Å². The van der Waals surface area contributed by atoms with E-state index in [1.165, 1.54) is 0 Å². The quantitative estimate of drug-likeness (QED) is 0.891. The van der Waals surface area contributed by atoms with Crippen molar-refractivity contribution in [3.63, 3.8) is 0 Å². The number of fused-ring (bicyclic) bond motifs is 1. The Hall–Kier alpha value is -1.69. The summed E-state index contributed by atoms with van der Waals surface area (Å²) in [5, 5.41) is 2.99. The first-order chi connectivity index (χ1) is 11.0. The molecule has 2 saturated heterocycles. The van der Waals surface area contributed by atoms with Crippen LogP contribution < -0.4 is 10.2 Å². The molecule has 5 nitrogen and oxygen atoms in total. The van der Waals surface area contributed by atoms with E-state index in [9.17, 15) is 9.59 Å². The zero-order valence-corrected chi connectivity index (χ0v) is 14.4. The minimum absolute atomic E-state index is 0.0297. The molecule has 23 heavy (non-hydrogen) atoms. The molecule has 2 heterocycles. The van der Waals surface area contributed by atoms with Crippen LogP contribution in [0, 0.1) is 0 Å². The van der Waals surface area contributed by atoms with Crippen LogP contribution in [0.5, 0.6) is 0 Å². The van der Waals surface area contributed by atoms with Gasteiger partial charge in [-0.25, -0.2) is 0 Å². The van der Waals surface area contributed by atoms with Gasteiger partial charge in [-0.1, -0.05) is 18.2 Å². The second-order valence-electron chi connectivity index (χ2n) is 6.31. The average Bonchev–Trinajstić information content (AvgIpc) is 3.04. The van der Waals surface area contributed by atoms with Gasteiger partial charge in [0.25, 0.3) is 0 Å². The van der Waals surface area contributed by atoms with Gasteiger partial charge in [0.2, 0.25) is 11.8 Å². The minimum atomic E-state index is -0.318. The van der Waals surface area contributed by atoms with E-state index in [0.717, 1.165) is 18.7 Å². The first-order valence-corrected chi connectivity index (χ1v) is 9.00. The molecule has 6 heteroatoms. The summed E-state index contributed by atoms with van der Waals surface area (Å²) in [7, 11) is 2.01. The number of amides is 2. The molecule has 2 amide bonds. The van der Waals surface area contributed by atoms with Gasteiger partial charge in [0.15, 0.2) is 0 Å². The van der Waals surface area contributed by atoms with Gasteiger partial charge in [0.1, 0.15) is 6.04 Å². The predicted octanol–water partition coefficient (Wildman–Crippen LogP) is 1.69. The number of likely N-dealkylation sites (N-methyl/N-ethyl adjacent to an activating group) is 1. The van der Waals surface area contributed by atoms with E-state index < -0.39 is 0 Å². The lowest BCUT2D eigenvalue weighted by Crippen LogP contribution is -2.50. The lowest BCUT2D eigenvalue weighted by molar-refractivity contribution is -0.137. The molecule has 2 aliphatic rings. The Morgan fingerprint density at radius 2 is 2.17 bits per heavy atom. The van der Waals surface area contributed by atoms with Crippen LogP contribution in [0.3, 0.4) is 0 Å². The Balaban J connectivity index is 1.51. The summed E-state index contributed by atoms with van der Waals surface area (Å²) in [6.45, 7) is 3.38. The van der Waals surface area contributed by atoms with Gasteiger partial charge >= 0.3 is 0 Å². The number of thioether (sulfide) groups is 1. The maximum atomic E-state index is 12.5. The highest BCUT2D eigenvalue weighted by molar-refractivity contribution is 8.01. The maximum Gasteiger partial charge on any atom is 0.243 e. The summed E-state index contributed by atoms with van der Waals surface area (Å²) in [5.74, 6) is 0.778. The predicted molar refractivity (Wildman–Crippen MR) is 93.5 cm³/mol. The van der Waals surface area contributed by atoms with Crippen molar-refractivity contribution in [3.05, 3.63) is 30.3 Å². The normalized spacial score (nSPS) is 26.3. The number of carbonyl (C=O) groups is 2. The van der Waals surface area contributed by atoms with Crippen molar-refractivity contribution in [2.75, 3.05) is 30.8 Å². The highest BCUT2D eigenvalue weighted by Gasteiger charge is 2.52. The number of rotatable bonds is 5. The van der Waals surface area contributed by atoms with Gasteiger partial charge in [-0.05, 0) is 25.5 Å². The average molecular weight is 333 g/mol. The number of para-hydroxylation sites is 1. The van der Waals surface area contributed by atoms with Crippen molar-refractivity contribution in [1.29, 1.82) is 0 Å². The molecule has 2 fully saturated rings. The van der Waals surface area contributed by atoms with E-state index >= 15 is 0 Å². The SMILES string of the molecule is CN(CCNC(=O)C1CSC2(C)CCC(=O)N12)c1ccccc1. The van der Waals surface area contributed by atoms with Gasteiger partial charge in [0.05, 0.1) is 4.87 Å². The zero-order valence-electron chi connectivity index (χ0n) is 13.6. The molecule has 0 aliphatic carbocycles. The van der Waals surface area contributed by atoms with Crippen LogP contribution in [-0.4, -0.2) is 53.5 Å². The molecule has 0 aromatic heterocycles. The van der Waals surface area contributed by atoms with Gasteiger partial charge in [-0.3, -0.25) is 9.59 Å². The van der Waals surface area contributed by atoms with Crippen molar-refractivity contribution in [2.45, 2.75) is 30.7 Å². The molecule has 0 bridgehead atoms. The third-order valence-electron chi connectivity index (χ3n) is 4.69. The van der Waals surface area contributed by atoms with E-state index in [4.69, 9.17) is 0 Å². The molecule has 2 unspecified atom stereocenters.